The van der Waals surface area contributed by atoms with Gasteiger partial charge in [0.05, 0.1) is 5.56 Å². The number of aromatic carboxylic acids is 1. The summed E-state index contributed by atoms with van der Waals surface area (Å²) < 4.78 is 0. The van der Waals surface area contributed by atoms with Crippen molar-refractivity contribution < 1.29 is 9.90 Å². The Hall–Kier alpha value is -1.95. The van der Waals surface area contributed by atoms with Crippen molar-refractivity contribution in [1.82, 2.24) is 9.97 Å². The normalized spacial score (nSPS) is 10.7. The fourth-order valence-electron chi connectivity index (χ4n) is 1.56. The summed E-state index contributed by atoms with van der Waals surface area (Å²) >= 11 is 1.50. The molecule has 0 spiro atoms. The predicted octanol–water partition coefficient (Wildman–Crippen LogP) is 3.41. The lowest BCUT2D eigenvalue weighted by atomic mass is 10.1. The van der Waals surface area contributed by atoms with E-state index in [-0.39, 0.29) is 11.5 Å². The van der Waals surface area contributed by atoms with Gasteiger partial charge >= 0.3 is 5.97 Å². The first kappa shape index (κ1) is 13.5. The summed E-state index contributed by atoms with van der Waals surface area (Å²) in [5.41, 5.74) is 0.977. The first-order valence-electron chi connectivity index (χ1n) is 5.90. The molecule has 2 heterocycles. The summed E-state index contributed by atoms with van der Waals surface area (Å²) in [6, 6.07) is 3.12. The second-order valence-corrected chi connectivity index (χ2v) is 5.76. The third-order valence-electron chi connectivity index (χ3n) is 2.54. The van der Waals surface area contributed by atoms with E-state index in [4.69, 9.17) is 5.11 Å². The number of nitrogens with one attached hydrogen (secondary N) is 1. The van der Waals surface area contributed by atoms with Gasteiger partial charge in [0.25, 0.3) is 0 Å². The third kappa shape index (κ3) is 3.29. The number of carboxylic acids is 1. The van der Waals surface area contributed by atoms with Crippen LogP contribution in [-0.2, 0) is 0 Å². The van der Waals surface area contributed by atoms with Crippen molar-refractivity contribution in [1.29, 1.82) is 0 Å². The lowest BCUT2D eigenvalue weighted by molar-refractivity contribution is 0.0696. The van der Waals surface area contributed by atoms with Gasteiger partial charge < -0.3 is 10.4 Å². The Balaban J connectivity index is 2.36. The summed E-state index contributed by atoms with van der Waals surface area (Å²) in [5.74, 6) is -0.279. The van der Waals surface area contributed by atoms with Gasteiger partial charge in [-0.15, -0.1) is 11.3 Å². The van der Waals surface area contributed by atoms with E-state index in [1.807, 2.05) is 20.8 Å². The molecule has 100 valence electrons. The van der Waals surface area contributed by atoms with E-state index in [1.165, 1.54) is 17.4 Å². The summed E-state index contributed by atoms with van der Waals surface area (Å²) in [5, 5.41) is 12.9. The maximum absolute atomic E-state index is 11.1. The number of aryl methyl sites for hydroxylation is 1. The minimum atomic E-state index is -0.956. The fourth-order valence-corrected chi connectivity index (χ4v) is 2.23. The SMILES string of the molecule is Cc1cnc(Nc2cc(C(=O)O)cc(C(C)C)n2)s1. The van der Waals surface area contributed by atoms with Crippen molar-refractivity contribution in [3.63, 3.8) is 0 Å². The lowest BCUT2D eigenvalue weighted by Crippen LogP contribution is -2.04. The number of rotatable bonds is 4. The number of aromatic nitrogens is 2. The Morgan fingerprint density at radius 3 is 2.68 bits per heavy atom. The van der Waals surface area contributed by atoms with Crippen molar-refractivity contribution in [3.05, 3.63) is 34.5 Å². The molecule has 2 rings (SSSR count). The molecule has 0 saturated heterocycles. The van der Waals surface area contributed by atoms with Crippen LogP contribution in [0, 0.1) is 6.92 Å². The van der Waals surface area contributed by atoms with Crippen LogP contribution in [0.1, 0.15) is 40.7 Å². The first-order valence-corrected chi connectivity index (χ1v) is 6.72. The minimum absolute atomic E-state index is 0.165. The Morgan fingerprint density at radius 2 is 2.16 bits per heavy atom. The molecule has 19 heavy (non-hydrogen) atoms. The van der Waals surface area contributed by atoms with Crippen LogP contribution in [0.4, 0.5) is 10.9 Å². The van der Waals surface area contributed by atoms with Gasteiger partial charge in [0.1, 0.15) is 5.82 Å². The Kier molecular flexibility index (Phi) is 3.80. The predicted molar refractivity (Wildman–Crippen MR) is 75.4 cm³/mol. The number of thiazole rings is 1. The third-order valence-corrected chi connectivity index (χ3v) is 3.37. The summed E-state index contributed by atoms with van der Waals surface area (Å²) in [4.78, 5) is 20.8. The van der Waals surface area contributed by atoms with Gasteiger partial charge in [0.15, 0.2) is 5.13 Å². The number of hydrogen-bond donors (Lipinski definition) is 2. The van der Waals surface area contributed by atoms with Crippen molar-refractivity contribution in [2.45, 2.75) is 26.7 Å². The molecule has 0 atom stereocenters. The molecule has 0 fully saturated rings. The molecule has 0 aliphatic heterocycles. The maximum atomic E-state index is 11.1. The molecular weight excluding hydrogens is 262 g/mol. The molecule has 0 aliphatic carbocycles. The molecule has 0 radical (unpaired) electrons. The van der Waals surface area contributed by atoms with Gasteiger partial charge in [-0.2, -0.15) is 0 Å². The van der Waals surface area contributed by atoms with Gasteiger partial charge in [0, 0.05) is 16.8 Å². The standard InChI is InChI=1S/C13H15N3O2S/c1-7(2)10-4-9(12(17)18)5-11(15-10)16-13-14-6-8(3)19-13/h4-7H,1-3H3,(H,17,18)(H,14,15,16). The number of carboxylic acid groups (broad SMARTS) is 1. The van der Waals surface area contributed by atoms with E-state index in [2.05, 4.69) is 15.3 Å². The largest absolute Gasteiger partial charge is 0.478 e. The molecular formula is C13H15N3O2S. The van der Waals surface area contributed by atoms with E-state index in [1.54, 1.807) is 12.3 Å². The second kappa shape index (κ2) is 5.36. The fraction of sp³-hybridized carbons (Fsp3) is 0.308. The van der Waals surface area contributed by atoms with Crippen LogP contribution in [0.2, 0.25) is 0 Å². The minimum Gasteiger partial charge on any atom is -0.478 e. The molecule has 0 amide bonds. The summed E-state index contributed by atoms with van der Waals surface area (Å²) in [6.07, 6.45) is 1.76. The van der Waals surface area contributed by atoms with Crippen LogP contribution in [0.15, 0.2) is 18.3 Å². The van der Waals surface area contributed by atoms with Crippen molar-refractivity contribution in [2.24, 2.45) is 0 Å². The molecule has 2 aromatic heterocycles. The Labute approximate surface area is 115 Å². The molecule has 6 heteroatoms. The molecule has 2 aromatic rings. The van der Waals surface area contributed by atoms with E-state index in [0.29, 0.717) is 10.9 Å². The van der Waals surface area contributed by atoms with E-state index in [0.717, 1.165) is 10.6 Å². The van der Waals surface area contributed by atoms with E-state index in [9.17, 15) is 4.79 Å². The van der Waals surface area contributed by atoms with Gasteiger partial charge in [-0.25, -0.2) is 14.8 Å². The number of carbonyl (C=O) groups is 1. The highest BCUT2D eigenvalue weighted by atomic mass is 32.1. The van der Waals surface area contributed by atoms with Crippen LogP contribution in [0.3, 0.4) is 0 Å². The number of anilines is 2. The van der Waals surface area contributed by atoms with Crippen molar-refractivity contribution >= 4 is 28.3 Å². The molecule has 0 saturated carbocycles. The molecule has 2 N–H and O–H groups in total. The van der Waals surface area contributed by atoms with Crippen LogP contribution in [0.25, 0.3) is 0 Å². The maximum Gasteiger partial charge on any atom is 0.335 e. The van der Waals surface area contributed by atoms with Gasteiger partial charge in [0.2, 0.25) is 0 Å². The van der Waals surface area contributed by atoms with Crippen LogP contribution in [0.5, 0.6) is 0 Å². The number of pyridine rings is 1. The van der Waals surface area contributed by atoms with Crippen molar-refractivity contribution in [3.8, 4) is 0 Å². The smallest absolute Gasteiger partial charge is 0.335 e. The van der Waals surface area contributed by atoms with Gasteiger partial charge in [-0.1, -0.05) is 13.8 Å². The Morgan fingerprint density at radius 1 is 1.42 bits per heavy atom. The van der Waals surface area contributed by atoms with E-state index < -0.39 is 5.97 Å². The zero-order chi connectivity index (χ0) is 14.0. The molecule has 0 aromatic carbocycles. The highest BCUT2D eigenvalue weighted by Crippen LogP contribution is 2.23. The summed E-state index contributed by atoms with van der Waals surface area (Å²) in [7, 11) is 0. The van der Waals surface area contributed by atoms with Gasteiger partial charge in [-0.05, 0) is 25.0 Å². The molecule has 5 nitrogen and oxygen atoms in total. The average molecular weight is 277 g/mol. The summed E-state index contributed by atoms with van der Waals surface area (Å²) in [6.45, 7) is 5.92. The topological polar surface area (TPSA) is 75.1 Å². The van der Waals surface area contributed by atoms with E-state index >= 15 is 0 Å². The zero-order valence-electron chi connectivity index (χ0n) is 11.0. The molecule has 0 unspecified atom stereocenters. The highest BCUT2D eigenvalue weighted by Gasteiger charge is 2.11. The number of nitrogens with zero attached hydrogens (tertiary/aromatic N) is 2. The van der Waals surface area contributed by atoms with Crippen LogP contribution in [-0.4, -0.2) is 21.0 Å². The average Bonchev–Trinajstić information content (AvgIpc) is 2.74. The van der Waals surface area contributed by atoms with Crippen LogP contribution >= 0.6 is 11.3 Å². The van der Waals surface area contributed by atoms with Crippen molar-refractivity contribution in [2.75, 3.05) is 5.32 Å². The monoisotopic (exact) mass is 277 g/mol. The molecule has 0 bridgehead atoms. The lowest BCUT2D eigenvalue weighted by Gasteiger charge is -2.09. The quantitative estimate of drug-likeness (QED) is 0.895. The highest BCUT2D eigenvalue weighted by molar-refractivity contribution is 7.15. The number of hydrogen-bond acceptors (Lipinski definition) is 5. The second-order valence-electron chi connectivity index (χ2n) is 4.53. The van der Waals surface area contributed by atoms with Gasteiger partial charge in [-0.3, -0.25) is 0 Å². The molecule has 0 aliphatic rings. The first-order chi connectivity index (χ1) is 8.95. The van der Waals surface area contributed by atoms with Crippen LogP contribution < -0.4 is 5.32 Å². The zero-order valence-corrected chi connectivity index (χ0v) is 11.8. The Bertz CT molecular complexity index is 608.